The summed E-state index contributed by atoms with van der Waals surface area (Å²) in [4.78, 5) is 11.8. The van der Waals surface area contributed by atoms with Gasteiger partial charge in [-0.1, -0.05) is 11.3 Å². The van der Waals surface area contributed by atoms with Gasteiger partial charge in [0.05, 0.1) is 23.4 Å². The van der Waals surface area contributed by atoms with Crippen LogP contribution in [-0.4, -0.2) is 70.6 Å². The Kier molecular flexibility index (Phi) is 4.88. The maximum Gasteiger partial charge on any atom is 0.214 e. The van der Waals surface area contributed by atoms with Gasteiger partial charge in [-0.05, 0) is 25.1 Å². The Hall–Kier alpha value is -2.04. The smallest absolute Gasteiger partial charge is 0.214 e. The number of fused-ring (bicyclic) bond motifs is 1. The van der Waals surface area contributed by atoms with Crippen LogP contribution in [0.25, 0.3) is 16.2 Å². The van der Waals surface area contributed by atoms with E-state index in [2.05, 4.69) is 25.3 Å². The third-order valence-corrected chi connectivity index (χ3v) is 6.85. The molecule has 0 unspecified atom stereocenters. The van der Waals surface area contributed by atoms with Crippen LogP contribution in [-0.2, 0) is 9.84 Å². The Morgan fingerprint density at radius 3 is 2.85 bits per heavy atom. The molecule has 0 saturated carbocycles. The molecule has 3 aromatic rings. The minimum absolute atomic E-state index is 0.281. The predicted molar refractivity (Wildman–Crippen MR) is 102 cm³/mol. The molecule has 0 atom stereocenters. The highest BCUT2D eigenvalue weighted by atomic mass is 32.2. The largest absolute Gasteiger partial charge is 0.360 e. The van der Waals surface area contributed by atoms with Crippen molar-refractivity contribution in [2.45, 2.75) is 6.42 Å². The molecule has 4 rings (SSSR count). The minimum Gasteiger partial charge on any atom is -0.360 e. The summed E-state index contributed by atoms with van der Waals surface area (Å²) in [6, 6.07) is 3.87. The lowest BCUT2D eigenvalue weighted by atomic mass is 10.2. The average Bonchev–Trinajstić information content (AvgIpc) is 3.19. The summed E-state index contributed by atoms with van der Waals surface area (Å²) in [6.07, 6.45) is 6.38. The van der Waals surface area contributed by atoms with Crippen LogP contribution in [0, 0.1) is 0 Å². The molecule has 0 aromatic carbocycles. The number of nitrogens with one attached hydrogen (secondary N) is 1. The molecule has 10 heteroatoms. The minimum atomic E-state index is -2.80. The van der Waals surface area contributed by atoms with Gasteiger partial charge in [0.1, 0.15) is 0 Å². The summed E-state index contributed by atoms with van der Waals surface area (Å²) < 4.78 is 24.6. The van der Waals surface area contributed by atoms with Crippen molar-refractivity contribution in [2.75, 3.05) is 43.0 Å². The number of hydrogen-bond acceptors (Lipinski definition) is 8. The molecule has 3 aromatic heterocycles. The van der Waals surface area contributed by atoms with Crippen molar-refractivity contribution in [1.82, 2.24) is 24.5 Å². The van der Waals surface area contributed by atoms with E-state index in [1.165, 1.54) is 11.3 Å². The van der Waals surface area contributed by atoms with Crippen molar-refractivity contribution >= 4 is 31.3 Å². The topological polar surface area (TPSA) is 92.5 Å². The van der Waals surface area contributed by atoms with Crippen LogP contribution in [0.5, 0.6) is 0 Å². The van der Waals surface area contributed by atoms with Gasteiger partial charge < -0.3 is 10.2 Å². The van der Waals surface area contributed by atoms with Crippen LogP contribution < -0.4 is 5.32 Å². The second kappa shape index (κ2) is 7.29. The molecule has 0 spiro atoms. The third kappa shape index (κ3) is 4.02. The first-order valence-electron chi connectivity index (χ1n) is 8.52. The molecule has 0 aliphatic carbocycles. The molecule has 8 nitrogen and oxygen atoms in total. The van der Waals surface area contributed by atoms with Crippen molar-refractivity contribution in [3.63, 3.8) is 0 Å². The number of sulfone groups is 1. The van der Waals surface area contributed by atoms with Gasteiger partial charge in [0.15, 0.2) is 9.84 Å². The molecule has 0 amide bonds. The van der Waals surface area contributed by atoms with Crippen LogP contribution in [0.4, 0.5) is 5.13 Å². The molecule has 1 aliphatic rings. The van der Waals surface area contributed by atoms with Gasteiger partial charge in [-0.3, -0.25) is 4.98 Å². The number of hydrogen-bond donors (Lipinski definition) is 1. The summed E-state index contributed by atoms with van der Waals surface area (Å²) in [7, 11) is -2.80. The fourth-order valence-electron chi connectivity index (χ4n) is 2.90. The standard InChI is InChI=1S/C16H20N6O2S2/c23-26(24)9-7-21(8-10-26)6-2-5-18-15-20-22-12-14(19-16(22)25-15)13-3-1-4-17-11-13/h1,3-4,11-12H,2,5-10H2,(H,18,20). The van der Waals surface area contributed by atoms with Crippen molar-refractivity contribution in [3.05, 3.63) is 30.7 Å². The lowest BCUT2D eigenvalue weighted by molar-refractivity contribution is 0.295. The quantitative estimate of drug-likeness (QED) is 0.634. The van der Waals surface area contributed by atoms with E-state index in [1.54, 1.807) is 16.9 Å². The van der Waals surface area contributed by atoms with E-state index in [4.69, 9.17) is 0 Å². The zero-order chi connectivity index (χ0) is 18.0. The van der Waals surface area contributed by atoms with Gasteiger partial charge in [-0.2, -0.15) is 0 Å². The maximum absolute atomic E-state index is 11.4. The molecule has 138 valence electrons. The first-order chi connectivity index (χ1) is 12.6. The van der Waals surface area contributed by atoms with Gasteiger partial charge in [-0.25, -0.2) is 17.9 Å². The second-order valence-electron chi connectivity index (χ2n) is 6.28. The van der Waals surface area contributed by atoms with Gasteiger partial charge in [0.25, 0.3) is 0 Å². The van der Waals surface area contributed by atoms with Crippen LogP contribution >= 0.6 is 11.3 Å². The zero-order valence-corrected chi connectivity index (χ0v) is 15.8. The fraction of sp³-hybridized carbons (Fsp3) is 0.438. The Balaban J connectivity index is 1.28. The average molecular weight is 393 g/mol. The van der Waals surface area contributed by atoms with E-state index in [0.717, 1.165) is 40.9 Å². The van der Waals surface area contributed by atoms with Gasteiger partial charge in [0.2, 0.25) is 10.1 Å². The number of anilines is 1. The van der Waals surface area contributed by atoms with Crippen molar-refractivity contribution in [1.29, 1.82) is 0 Å². The highest BCUT2D eigenvalue weighted by Crippen LogP contribution is 2.23. The lowest BCUT2D eigenvalue weighted by Gasteiger charge is -2.26. The third-order valence-electron chi connectivity index (χ3n) is 4.36. The lowest BCUT2D eigenvalue weighted by Crippen LogP contribution is -2.41. The summed E-state index contributed by atoms with van der Waals surface area (Å²) in [5, 5.41) is 8.67. The first kappa shape index (κ1) is 17.4. The summed E-state index contributed by atoms with van der Waals surface area (Å²) >= 11 is 1.51. The fourth-order valence-corrected chi connectivity index (χ4v) is 4.98. The van der Waals surface area contributed by atoms with E-state index < -0.39 is 9.84 Å². The van der Waals surface area contributed by atoms with Gasteiger partial charge in [-0.15, -0.1) is 5.10 Å². The number of nitrogens with zero attached hydrogens (tertiary/aromatic N) is 5. The van der Waals surface area contributed by atoms with Crippen LogP contribution in [0.15, 0.2) is 30.7 Å². The molecule has 0 radical (unpaired) electrons. The Morgan fingerprint density at radius 2 is 2.12 bits per heavy atom. The highest BCUT2D eigenvalue weighted by Gasteiger charge is 2.20. The Bertz CT molecular complexity index is 937. The van der Waals surface area contributed by atoms with Gasteiger partial charge in [0, 0.05) is 37.6 Å². The molecular weight excluding hydrogens is 372 g/mol. The van der Waals surface area contributed by atoms with Crippen molar-refractivity contribution in [2.24, 2.45) is 0 Å². The Labute approximate surface area is 155 Å². The normalized spacial score (nSPS) is 17.5. The van der Waals surface area contributed by atoms with E-state index in [9.17, 15) is 8.42 Å². The first-order valence-corrected chi connectivity index (χ1v) is 11.2. The predicted octanol–water partition coefficient (Wildman–Crippen LogP) is 1.39. The van der Waals surface area contributed by atoms with Gasteiger partial charge >= 0.3 is 0 Å². The zero-order valence-electron chi connectivity index (χ0n) is 14.2. The molecule has 1 aliphatic heterocycles. The number of aromatic nitrogens is 4. The van der Waals surface area contributed by atoms with Crippen molar-refractivity contribution in [3.8, 4) is 11.3 Å². The van der Waals surface area contributed by atoms with E-state index in [-0.39, 0.29) is 11.5 Å². The number of rotatable bonds is 6. The van der Waals surface area contributed by atoms with Crippen LogP contribution in [0.3, 0.4) is 0 Å². The monoisotopic (exact) mass is 392 g/mol. The molecule has 1 fully saturated rings. The molecule has 1 N–H and O–H groups in total. The number of pyridine rings is 1. The Morgan fingerprint density at radius 1 is 1.27 bits per heavy atom. The van der Waals surface area contributed by atoms with E-state index in [0.29, 0.717) is 13.1 Å². The maximum atomic E-state index is 11.4. The van der Waals surface area contributed by atoms with Crippen LogP contribution in [0.2, 0.25) is 0 Å². The van der Waals surface area contributed by atoms with E-state index >= 15 is 0 Å². The van der Waals surface area contributed by atoms with Crippen LogP contribution in [0.1, 0.15) is 6.42 Å². The number of imidazole rings is 1. The second-order valence-corrected chi connectivity index (χ2v) is 9.54. The van der Waals surface area contributed by atoms with Crippen molar-refractivity contribution < 1.29 is 8.42 Å². The molecule has 26 heavy (non-hydrogen) atoms. The molecular formula is C16H20N6O2S2. The molecule has 4 heterocycles. The molecule has 1 saturated heterocycles. The molecule has 0 bridgehead atoms. The highest BCUT2D eigenvalue weighted by molar-refractivity contribution is 7.91. The SMILES string of the molecule is O=S1(=O)CCN(CCCNc2nn3cc(-c4cccnc4)nc3s2)CC1. The summed E-state index contributed by atoms with van der Waals surface area (Å²) in [6.45, 7) is 2.99. The summed E-state index contributed by atoms with van der Waals surface area (Å²) in [5.74, 6) is 0.562. The van der Waals surface area contributed by atoms with E-state index in [1.807, 2.05) is 18.3 Å². The summed E-state index contributed by atoms with van der Waals surface area (Å²) in [5.41, 5.74) is 1.84.